The summed E-state index contributed by atoms with van der Waals surface area (Å²) in [5.74, 6) is -0.831. The van der Waals surface area contributed by atoms with E-state index in [0.29, 0.717) is 36.9 Å². The number of unbranched alkanes of at least 4 members (excludes halogenated alkanes) is 23. The molecule has 1 saturated heterocycles. The van der Waals surface area contributed by atoms with E-state index in [1.54, 1.807) is 0 Å². The van der Waals surface area contributed by atoms with E-state index in [1.807, 2.05) is 41.9 Å². The van der Waals surface area contributed by atoms with Gasteiger partial charge in [0, 0.05) is 12.8 Å². The number of esters is 2. The highest BCUT2D eigenvalue weighted by atomic mass is 31.2. The van der Waals surface area contributed by atoms with E-state index in [2.05, 4.69) is 6.92 Å². The first-order valence-corrected chi connectivity index (χ1v) is 25.4. The molecule has 3 atom stereocenters. The number of nitrogens with zero attached hydrogens (tertiary/aromatic N) is 2. The Bertz CT molecular complexity index is 1120. The lowest BCUT2D eigenvalue weighted by molar-refractivity contribution is -0.870. The molecule has 0 spiro atoms. The third kappa shape index (κ3) is 29.0. The Morgan fingerprint density at radius 3 is 1.54 bits per heavy atom. The second kappa shape index (κ2) is 32.5. The van der Waals surface area contributed by atoms with Crippen LogP contribution in [-0.2, 0) is 42.6 Å². The second-order valence-corrected chi connectivity index (χ2v) is 20.3. The number of rotatable bonds is 40. The highest BCUT2D eigenvalue weighted by molar-refractivity contribution is 7.47. The summed E-state index contributed by atoms with van der Waals surface area (Å²) in [6, 6.07) is 0. The fraction of sp³-hybridized carbons (Fsp3) is 0.957. The van der Waals surface area contributed by atoms with Gasteiger partial charge in [0.1, 0.15) is 25.5 Å². The summed E-state index contributed by atoms with van der Waals surface area (Å²) in [5.41, 5.74) is -1.11. The minimum absolute atomic E-state index is 0.0218. The molecule has 0 bridgehead atoms. The molecule has 1 aliphatic heterocycles. The van der Waals surface area contributed by atoms with Gasteiger partial charge in [-0.1, -0.05) is 155 Å². The van der Waals surface area contributed by atoms with Crippen molar-refractivity contribution in [1.29, 1.82) is 0 Å². The number of carbonyl (C=O) groups is 2. The van der Waals surface area contributed by atoms with Crippen molar-refractivity contribution < 1.29 is 52.0 Å². The van der Waals surface area contributed by atoms with Gasteiger partial charge in [-0.2, -0.15) is 0 Å². The summed E-state index contributed by atoms with van der Waals surface area (Å²) in [4.78, 5) is 35.5. The molecule has 0 aromatic rings. The number of quaternary nitrogens is 1. The standard InChI is InChI=1S/C46H90N2O10P/c1-8-10-11-12-13-14-15-16-17-18-19-23-26-29-32-35-44(50)58-42(40-57-59(52,53)56-38-37-48(5,6)7)39-54-43(49)34-31-28-25-22-20-21-24-27-30-33-36-46(9-2)47(51)45(3,4)41-55-46/h42H,8-41H2,1-7H3/p+1/t42-,46?/m0/s1. The Kier molecular flexibility index (Phi) is 30.8. The van der Waals surface area contributed by atoms with Gasteiger partial charge >= 0.3 is 19.8 Å². The molecule has 1 radical (unpaired) electrons. The van der Waals surface area contributed by atoms with Crippen LogP contribution in [0.5, 0.6) is 0 Å². The number of hydroxylamine groups is 2. The molecule has 1 rings (SSSR count). The largest absolute Gasteiger partial charge is 0.472 e. The van der Waals surface area contributed by atoms with Gasteiger partial charge in [-0.25, -0.2) is 4.57 Å². The monoisotopic (exact) mass is 863 g/mol. The molecule has 0 aliphatic carbocycles. The van der Waals surface area contributed by atoms with Crippen LogP contribution in [0.4, 0.5) is 0 Å². The number of phosphoric acid groups is 1. The van der Waals surface area contributed by atoms with E-state index >= 15 is 0 Å². The number of hydrogen-bond acceptors (Lipinski definition) is 9. The van der Waals surface area contributed by atoms with Gasteiger partial charge in [-0.3, -0.25) is 18.6 Å². The van der Waals surface area contributed by atoms with Crippen molar-refractivity contribution in [3.8, 4) is 0 Å². The van der Waals surface area contributed by atoms with Gasteiger partial charge in [-0.15, -0.1) is 10.3 Å². The lowest BCUT2D eigenvalue weighted by atomic mass is 9.98. The van der Waals surface area contributed by atoms with Crippen LogP contribution in [0.1, 0.15) is 214 Å². The summed E-state index contributed by atoms with van der Waals surface area (Å²) in [5, 5.41) is 13.9. The Morgan fingerprint density at radius 1 is 0.678 bits per heavy atom. The van der Waals surface area contributed by atoms with Crippen LogP contribution in [0, 0.1) is 0 Å². The molecule has 0 saturated carbocycles. The van der Waals surface area contributed by atoms with Crippen LogP contribution in [0.2, 0.25) is 0 Å². The molecule has 1 aliphatic rings. The maximum atomic E-state index is 12.8. The summed E-state index contributed by atoms with van der Waals surface area (Å²) >= 11 is 0. The molecule has 1 fully saturated rings. The van der Waals surface area contributed by atoms with Gasteiger partial charge in [0.15, 0.2) is 6.10 Å². The summed E-state index contributed by atoms with van der Waals surface area (Å²) < 4.78 is 40.4. The summed E-state index contributed by atoms with van der Waals surface area (Å²) in [7, 11) is 1.44. The molecule has 13 heteroatoms. The number of phosphoric ester groups is 1. The zero-order valence-electron chi connectivity index (χ0n) is 39.1. The van der Waals surface area contributed by atoms with Crippen molar-refractivity contribution >= 4 is 19.8 Å². The molecule has 1 heterocycles. The average Bonchev–Trinajstić information content (AvgIpc) is 3.41. The normalized spacial score (nSPS) is 18.5. The Labute approximate surface area is 361 Å². The molecule has 0 amide bonds. The van der Waals surface area contributed by atoms with E-state index in [0.717, 1.165) is 64.2 Å². The first-order valence-electron chi connectivity index (χ1n) is 23.9. The van der Waals surface area contributed by atoms with Crippen LogP contribution < -0.4 is 0 Å². The number of likely N-dealkylation sites (N-methyl/N-ethyl adjacent to an activating group) is 1. The van der Waals surface area contributed by atoms with E-state index in [-0.39, 0.29) is 26.1 Å². The number of ether oxygens (including phenoxy) is 3. The van der Waals surface area contributed by atoms with Crippen LogP contribution in [0.25, 0.3) is 0 Å². The molecule has 59 heavy (non-hydrogen) atoms. The second-order valence-electron chi connectivity index (χ2n) is 18.8. The van der Waals surface area contributed by atoms with Crippen LogP contribution in [0.3, 0.4) is 0 Å². The van der Waals surface area contributed by atoms with E-state index < -0.39 is 43.7 Å². The quantitative estimate of drug-likeness (QED) is 0.0274. The minimum Gasteiger partial charge on any atom is -0.462 e. The lowest BCUT2D eigenvalue weighted by Gasteiger charge is -2.34. The Balaban J connectivity index is 2.27. The van der Waals surface area contributed by atoms with E-state index in [9.17, 15) is 24.3 Å². The van der Waals surface area contributed by atoms with Gasteiger partial charge in [0.25, 0.3) is 0 Å². The minimum atomic E-state index is -4.39. The van der Waals surface area contributed by atoms with Crippen molar-refractivity contribution in [1.82, 2.24) is 5.06 Å². The maximum Gasteiger partial charge on any atom is 0.472 e. The van der Waals surface area contributed by atoms with Gasteiger partial charge < -0.3 is 23.6 Å². The topological polar surface area (TPSA) is 141 Å². The predicted octanol–water partition coefficient (Wildman–Crippen LogP) is 11.8. The predicted molar refractivity (Wildman–Crippen MR) is 236 cm³/mol. The lowest BCUT2D eigenvalue weighted by Crippen LogP contribution is -2.49. The number of hydrogen-bond donors (Lipinski definition) is 1. The van der Waals surface area contributed by atoms with Crippen molar-refractivity contribution in [2.75, 3.05) is 54.1 Å². The molecule has 1 N–H and O–H groups in total. The first kappa shape index (κ1) is 55.9. The fourth-order valence-electron chi connectivity index (χ4n) is 7.57. The van der Waals surface area contributed by atoms with Gasteiger partial charge in [0.05, 0.1) is 39.9 Å². The summed E-state index contributed by atoms with van der Waals surface area (Å²) in [6.07, 6.45) is 30.1. The zero-order chi connectivity index (χ0) is 43.9. The SMILES string of the molecule is CCCCCCCCCCCCCCCCCC(=O)O[C@@H](COC(=O)CCCCCCCCCCCCC1(CC)OCC(C)(C)N1[O])COP(=O)(O)OCC[N+](C)(C)C. The smallest absolute Gasteiger partial charge is 0.462 e. The fourth-order valence-corrected chi connectivity index (χ4v) is 8.31. The molecule has 349 valence electrons. The molecule has 2 unspecified atom stereocenters. The molecule has 0 aromatic carbocycles. The first-order chi connectivity index (χ1) is 28.1. The van der Waals surface area contributed by atoms with Crippen LogP contribution in [-0.4, -0.2) is 97.9 Å². The molecule has 12 nitrogen and oxygen atoms in total. The molecular weight excluding hydrogens is 771 g/mol. The Hall–Kier alpha value is -1.11. The van der Waals surface area contributed by atoms with Gasteiger partial charge in [0.2, 0.25) is 0 Å². The van der Waals surface area contributed by atoms with E-state index in [1.165, 1.54) is 95.0 Å². The van der Waals surface area contributed by atoms with Crippen molar-refractivity contribution in [3.63, 3.8) is 0 Å². The van der Waals surface area contributed by atoms with Crippen molar-refractivity contribution in [2.45, 2.75) is 231 Å². The van der Waals surface area contributed by atoms with Crippen LogP contribution in [0.15, 0.2) is 0 Å². The third-order valence-corrected chi connectivity index (χ3v) is 12.5. The highest BCUT2D eigenvalue weighted by Gasteiger charge is 2.51. The summed E-state index contributed by atoms with van der Waals surface area (Å²) in [6.45, 7) is 8.54. The maximum absolute atomic E-state index is 12.8. The van der Waals surface area contributed by atoms with E-state index in [4.69, 9.17) is 23.3 Å². The van der Waals surface area contributed by atoms with Crippen molar-refractivity contribution in [2.24, 2.45) is 0 Å². The van der Waals surface area contributed by atoms with Crippen molar-refractivity contribution in [3.05, 3.63) is 0 Å². The average molecular weight is 863 g/mol. The molecule has 0 aromatic heterocycles. The Morgan fingerprint density at radius 2 is 1.12 bits per heavy atom. The highest BCUT2D eigenvalue weighted by Crippen LogP contribution is 2.43. The third-order valence-electron chi connectivity index (χ3n) is 11.5. The zero-order valence-corrected chi connectivity index (χ0v) is 40.0. The van der Waals surface area contributed by atoms with Gasteiger partial charge in [-0.05, 0) is 46.0 Å². The van der Waals surface area contributed by atoms with Crippen LogP contribution >= 0.6 is 7.82 Å². The molecular formula is C46H91N2O10P+. The number of carbonyl (C=O) groups excluding carboxylic acids is 2.